The number of amides is 1. The lowest BCUT2D eigenvalue weighted by Crippen LogP contribution is -2.36. The summed E-state index contributed by atoms with van der Waals surface area (Å²) in [4.78, 5) is 23.3. The molecule has 0 saturated heterocycles. The van der Waals surface area contributed by atoms with Gasteiger partial charge in [0.15, 0.2) is 0 Å². The van der Waals surface area contributed by atoms with Gasteiger partial charge in [-0.2, -0.15) is 8.61 Å². The molecule has 0 unspecified atom stereocenters. The summed E-state index contributed by atoms with van der Waals surface area (Å²) in [6, 6.07) is 18.7. The molecule has 0 atom stereocenters. The number of thiophene rings is 1. The molecule has 0 saturated carbocycles. The molecule has 10 nitrogen and oxygen atoms in total. The van der Waals surface area contributed by atoms with Crippen LogP contribution in [0.25, 0.3) is 10.1 Å². The standard InChI is InChI=1S/C24H20N2O8S3/c27-23(28)15-25(36(31,32)19-7-3-1-4-8-19)14-17-16-35-22-12-11-18(13-21(17)22)26(24(29)30)37(33,34)20-9-5-2-6-10-20/h1-13,16H,14-15H2,(H,27,28)(H,29,30). The van der Waals surface area contributed by atoms with Crippen molar-refractivity contribution in [3.8, 4) is 0 Å². The minimum atomic E-state index is -4.46. The summed E-state index contributed by atoms with van der Waals surface area (Å²) in [5, 5.41) is 21.2. The summed E-state index contributed by atoms with van der Waals surface area (Å²) >= 11 is 1.23. The number of carbonyl (C=O) groups is 2. The maximum atomic E-state index is 13.2. The van der Waals surface area contributed by atoms with E-state index in [0.717, 1.165) is 4.31 Å². The van der Waals surface area contributed by atoms with Crippen LogP contribution in [0.4, 0.5) is 10.5 Å². The van der Waals surface area contributed by atoms with Crippen LogP contribution in [0.15, 0.2) is 94.0 Å². The van der Waals surface area contributed by atoms with Crippen LogP contribution in [0.5, 0.6) is 0 Å². The molecular formula is C24H20N2O8S3. The van der Waals surface area contributed by atoms with Gasteiger partial charge in [0.2, 0.25) is 10.0 Å². The van der Waals surface area contributed by atoms with Crippen LogP contribution in [0.1, 0.15) is 5.56 Å². The Labute approximate surface area is 216 Å². The Balaban J connectivity index is 1.78. The fourth-order valence-electron chi connectivity index (χ4n) is 3.68. The van der Waals surface area contributed by atoms with Gasteiger partial charge in [-0.15, -0.1) is 11.3 Å². The van der Waals surface area contributed by atoms with Gasteiger partial charge in [0.25, 0.3) is 10.0 Å². The van der Waals surface area contributed by atoms with E-state index in [1.165, 1.54) is 78.1 Å². The lowest BCUT2D eigenvalue weighted by molar-refractivity contribution is -0.137. The quantitative estimate of drug-likeness (QED) is 0.311. The summed E-state index contributed by atoms with van der Waals surface area (Å²) in [6.45, 7) is -1.14. The molecule has 0 aliphatic carbocycles. The lowest BCUT2D eigenvalue weighted by atomic mass is 10.1. The number of benzene rings is 3. The number of carboxylic acid groups (broad SMARTS) is 2. The highest BCUT2D eigenvalue weighted by Gasteiger charge is 2.32. The number of aliphatic carboxylic acids is 1. The van der Waals surface area contributed by atoms with E-state index in [4.69, 9.17) is 0 Å². The van der Waals surface area contributed by atoms with Crippen LogP contribution in [-0.4, -0.2) is 50.0 Å². The van der Waals surface area contributed by atoms with Crippen molar-refractivity contribution in [2.45, 2.75) is 16.3 Å². The van der Waals surface area contributed by atoms with Gasteiger partial charge in [-0.05, 0) is 58.8 Å². The van der Waals surface area contributed by atoms with Crippen molar-refractivity contribution in [3.05, 3.63) is 89.8 Å². The van der Waals surface area contributed by atoms with Crippen LogP contribution < -0.4 is 4.31 Å². The Morgan fingerprint density at radius 1 is 0.784 bits per heavy atom. The van der Waals surface area contributed by atoms with Crippen LogP contribution in [0, 0.1) is 0 Å². The van der Waals surface area contributed by atoms with Gasteiger partial charge in [0.1, 0.15) is 6.54 Å². The fourth-order valence-corrected chi connectivity index (χ4v) is 7.31. The van der Waals surface area contributed by atoms with E-state index in [9.17, 15) is 36.6 Å². The summed E-state index contributed by atoms with van der Waals surface area (Å²) < 4.78 is 54.3. The van der Waals surface area contributed by atoms with E-state index < -0.39 is 38.7 Å². The highest BCUT2D eigenvalue weighted by Crippen LogP contribution is 2.34. The van der Waals surface area contributed by atoms with E-state index in [-0.39, 0.29) is 26.3 Å². The first-order valence-electron chi connectivity index (χ1n) is 10.6. The van der Waals surface area contributed by atoms with Gasteiger partial charge in [-0.3, -0.25) is 4.79 Å². The third-order valence-electron chi connectivity index (χ3n) is 5.37. The van der Waals surface area contributed by atoms with Gasteiger partial charge < -0.3 is 10.2 Å². The van der Waals surface area contributed by atoms with Gasteiger partial charge in [-0.25, -0.2) is 21.6 Å². The monoisotopic (exact) mass is 560 g/mol. The molecule has 1 amide bonds. The third kappa shape index (κ3) is 5.34. The molecule has 0 fully saturated rings. The van der Waals surface area contributed by atoms with Gasteiger partial charge >= 0.3 is 12.1 Å². The molecule has 192 valence electrons. The summed E-state index contributed by atoms with van der Waals surface area (Å²) in [5.74, 6) is -1.36. The Morgan fingerprint density at radius 2 is 1.35 bits per heavy atom. The van der Waals surface area contributed by atoms with Crippen LogP contribution >= 0.6 is 11.3 Å². The lowest BCUT2D eigenvalue weighted by Gasteiger charge is -2.21. The van der Waals surface area contributed by atoms with Crippen LogP contribution in [-0.2, 0) is 31.4 Å². The first-order valence-corrected chi connectivity index (χ1v) is 14.4. The summed E-state index contributed by atoms with van der Waals surface area (Å²) in [6.07, 6.45) is -1.72. The zero-order valence-corrected chi connectivity index (χ0v) is 21.4. The van der Waals surface area contributed by atoms with Crippen molar-refractivity contribution in [2.75, 3.05) is 10.8 Å². The largest absolute Gasteiger partial charge is 0.480 e. The van der Waals surface area contributed by atoms with Gasteiger partial charge in [0.05, 0.1) is 15.5 Å². The summed E-state index contributed by atoms with van der Waals surface area (Å²) in [7, 11) is -8.65. The molecule has 4 rings (SSSR count). The zero-order chi connectivity index (χ0) is 26.8. The Hall–Kier alpha value is -3.78. The molecule has 2 N–H and O–H groups in total. The van der Waals surface area contributed by atoms with Crippen LogP contribution in [0.2, 0.25) is 0 Å². The normalized spacial score (nSPS) is 12.0. The van der Waals surface area contributed by atoms with Gasteiger partial charge in [0, 0.05) is 11.2 Å². The second-order valence-corrected chi connectivity index (χ2v) is 12.4. The molecule has 13 heteroatoms. The SMILES string of the molecule is O=C(O)CN(Cc1csc2ccc(N(C(=O)O)S(=O)(=O)c3ccccc3)cc12)S(=O)(=O)c1ccccc1. The van der Waals surface area contributed by atoms with Crippen LogP contribution in [0.3, 0.4) is 0 Å². The number of hydrogen-bond donors (Lipinski definition) is 2. The van der Waals surface area contributed by atoms with E-state index in [1.807, 2.05) is 0 Å². The molecule has 4 aromatic rings. The second kappa shape index (κ2) is 10.3. The first-order chi connectivity index (χ1) is 17.5. The van der Waals surface area contributed by atoms with Crippen molar-refractivity contribution in [3.63, 3.8) is 0 Å². The molecule has 0 radical (unpaired) electrons. The first kappa shape index (κ1) is 26.3. The number of sulfonamides is 2. The number of anilines is 1. The number of rotatable bonds is 9. The topological polar surface area (TPSA) is 149 Å². The van der Waals surface area contributed by atoms with E-state index in [0.29, 0.717) is 15.6 Å². The maximum Gasteiger partial charge on any atom is 0.426 e. The zero-order valence-electron chi connectivity index (χ0n) is 19.0. The predicted octanol–water partition coefficient (Wildman–Crippen LogP) is 4.05. The number of nitrogens with zero attached hydrogens (tertiary/aromatic N) is 2. The van der Waals surface area contributed by atoms with Crippen molar-refractivity contribution in [1.29, 1.82) is 0 Å². The van der Waals surface area contributed by atoms with Crippen molar-refractivity contribution in [1.82, 2.24) is 4.31 Å². The Bertz CT molecular complexity index is 1670. The number of fused-ring (bicyclic) bond motifs is 1. The molecular weight excluding hydrogens is 540 g/mol. The smallest absolute Gasteiger partial charge is 0.426 e. The highest BCUT2D eigenvalue weighted by molar-refractivity contribution is 7.93. The highest BCUT2D eigenvalue weighted by atomic mass is 32.2. The molecule has 0 aliphatic rings. The molecule has 0 spiro atoms. The minimum absolute atomic E-state index is 0.0810. The Morgan fingerprint density at radius 3 is 1.89 bits per heavy atom. The van der Waals surface area contributed by atoms with E-state index in [1.54, 1.807) is 17.5 Å². The molecule has 3 aromatic carbocycles. The van der Waals surface area contributed by atoms with Crippen molar-refractivity contribution < 1.29 is 36.6 Å². The Kier molecular flexibility index (Phi) is 7.32. The minimum Gasteiger partial charge on any atom is -0.480 e. The number of carboxylic acids is 1. The average molecular weight is 561 g/mol. The van der Waals surface area contributed by atoms with Crippen molar-refractivity contribution in [2.24, 2.45) is 0 Å². The van der Waals surface area contributed by atoms with E-state index >= 15 is 0 Å². The van der Waals surface area contributed by atoms with Crippen molar-refractivity contribution >= 4 is 59.2 Å². The predicted molar refractivity (Wildman–Crippen MR) is 138 cm³/mol. The van der Waals surface area contributed by atoms with E-state index in [2.05, 4.69) is 0 Å². The fraction of sp³-hybridized carbons (Fsp3) is 0.0833. The maximum absolute atomic E-state index is 13.2. The molecule has 1 aromatic heterocycles. The molecule has 0 aliphatic heterocycles. The van der Waals surface area contributed by atoms with Gasteiger partial charge in [-0.1, -0.05) is 36.4 Å². The number of hydrogen-bond acceptors (Lipinski definition) is 7. The molecule has 37 heavy (non-hydrogen) atoms. The average Bonchev–Trinajstić information content (AvgIpc) is 3.26. The molecule has 0 bridgehead atoms. The molecule has 1 heterocycles. The second-order valence-electron chi connectivity index (χ2n) is 7.79. The summed E-state index contributed by atoms with van der Waals surface area (Å²) in [5.41, 5.74) is 0.226. The third-order valence-corrected chi connectivity index (χ3v) is 9.90.